The molecule has 140 valence electrons. The number of aryl methyl sites for hydroxylation is 1. The summed E-state index contributed by atoms with van der Waals surface area (Å²) in [5, 5.41) is 0. The second-order valence-electron chi connectivity index (χ2n) is 8.11. The molecule has 5 nitrogen and oxygen atoms in total. The summed E-state index contributed by atoms with van der Waals surface area (Å²) in [6, 6.07) is 4.23. The molecule has 0 bridgehead atoms. The number of rotatable bonds is 5. The lowest BCUT2D eigenvalue weighted by Crippen LogP contribution is -2.36. The van der Waals surface area contributed by atoms with E-state index in [0.29, 0.717) is 0 Å². The number of aromatic nitrogens is 3. The minimum absolute atomic E-state index is 0.880. The average molecular weight is 354 g/mol. The van der Waals surface area contributed by atoms with Crippen LogP contribution >= 0.6 is 0 Å². The monoisotopic (exact) mass is 353 g/mol. The molecule has 0 saturated carbocycles. The number of pyridine rings is 1. The van der Waals surface area contributed by atoms with Crippen LogP contribution in [-0.2, 0) is 20.1 Å². The highest BCUT2D eigenvalue weighted by Gasteiger charge is 2.32. The predicted molar refractivity (Wildman–Crippen MR) is 104 cm³/mol. The molecule has 2 aliphatic rings. The van der Waals surface area contributed by atoms with Crippen molar-refractivity contribution in [3.05, 3.63) is 47.8 Å². The van der Waals surface area contributed by atoms with Crippen LogP contribution in [0.3, 0.4) is 0 Å². The Balaban J connectivity index is 1.24. The fraction of sp³-hybridized carbons (Fsp3) is 0.619. The van der Waals surface area contributed by atoms with Gasteiger partial charge in [-0.25, -0.2) is 4.98 Å². The van der Waals surface area contributed by atoms with Gasteiger partial charge in [-0.15, -0.1) is 0 Å². The van der Waals surface area contributed by atoms with Crippen LogP contribution in [0.1, 0.15) is 36.3 Å². The maximum absolute atomic E-state index is 4.44. The topological polar surface area (TPSA) is 37.2 Å². The quantitative estimate of drug-likeness (QED) is 0.828. The minimum Gasteiger partial charge on any atom is -0.334 e. The van der Waals surface area contributed by atoms with Crippen LogP contribution in [0.15, 0.2) is 30.7 Å². The van der Waals surface area contributed by atoms with E-state index in [2.05, 4.69) is 44.4 Å². The van der Waals surface area contributed by atoms with Crippen LogP contribution in [0.4, 0.5) is 0 Å². The van der Waals surface area contributed by atoms with Crippen LogP contribution in [0, 0.1) is 18.8 Å². The number of hydrogen-bond donors (Lipinski definition) is 0. The molecular formula is C21H31N5. The summed E-state index contributed by atoms with van der Waals surface area (Å²) in [6.07, 6.45) is 9.96. The molecular weight excluding hydrogens is 322 g/mol. The Morgan fingerprint density at radius 1 is 1.00 bits per heavy atom. The zero-order valence-electron chi connectivity index (χ0n) is 16.1. The highest BCUT2D eigenvalue weighted by molar-refractivity contribution is 5.08. The molecule has 1 atom stereocenters. The normalized spacial score (nSPS) is 22.9. The third kappa shape index (κ3) is 3.99. The van der Waals surface area contributed by atoms with Crippen molar-refractivity contribution in [1.29, 1.82) is 0 Å². The standard InChI is InChI=1S/C21H31N5/c1-17-23-13-21(24(17)2)16-26-11-7-20(15-26)19-5-9-25(10-6-19)14-18-4-3-8-22-12-18/h3-4,8,12-13,19-20H,5-7,9-11,14-16H2,1-2H3. The Morgan fingerprint density at radius 3 is 2.46 bits per heavy atom. The lowest BCUT2D eigenvalue weighted by molar-refractivity contribution is 0.140. The van der Waals surface area contributed by atoms with Gasteiger partial charge in [-0.2, -0.15) is 0 Å². The fourth-order valence-corrected chi connectivity index (χ4v) is 4.65. The van der Waals surface area contributed by atoms with Crippen LogP contribution in [0.2, 0.25) is 0 Å². The van der Waals surface area contributed by atoms with Gasteiger partial charge in [0.2, 0.25) is 0 Å². The van der Waals surface area contributed by atoms with Crippen molar-refractivity contribution in [2.24, 2.45) is 18.9 Å². The van der Waals surface area contributed by atoms with E-state index in [1.807, 2.05) is 24.7 Å². The van der Waals surface area contributed by atoms with E-state index >= 15 is 0 Å². The molecule has 26 heavy (non-hydrogen) atoms. The Kier molecular flexibility index (Phi) is 5.36. The molecule has 4 rings (SSSR count). The number of hydrogen-bond acceptors (Lipinski definition) is 4. The zero-order chi connectivity index (χ0) is 17.9. The molecule has 5 heteroatoms. The molecule has 0 aliphatic carbocycles. The molecule has 1 unspecified atom stereocenters. The van der Waals surface area contributed by atoms with Gasteiger partial charge >= 0.3 is 0 Å². The van der Waals surface area contributed by atoms with E-state index in [1.54, 1.807) is 0 Å². The van der Waals surface area contributed by atoms with E-state index in [1.165, 1.54) is 56.7 Å². The van der Waals surface area contributed by atoms with Crippen molar-refractivity contribution < 1.29 is 0 Å². The maximum Gasteiger partial charge on any atom is 0.105 e. The summed E-state index contributed by atoms with van der Waals surface area (Å²) in [6.45, 7) is 9.15. The van der Waals surface area contributed by atoms with E-state index in [9.17, 15) is 0 Å². The average Bonchev–Trinajstić information content (AvgIpc) is 3.26. The molecule has 4 heterocycles. The highest BCUT2D eigenvalue weighted by Crippen LogP contribution is 2.32. The van der Waals surface area contributed by atoms with Gasteiger partial charge < -0.3 is 4.57 Å². The summed E-state index contributed by atoms with van der Waals surface area (Å²) in [4.78, 5) is 13.9. The molecule has 2 aliphatic heterocycles. The first-order valence-electron chi connectivity index (χ1n) is 10.00. The van der Waals surface area contributed by atoms with Crippen LogP contribution < -0.4 is 0 Å². The van der Waals surface area contributed by atoms with Crippen LogP contribution in [0.25, 0.3) is 0 Å². The Hall–Kier alpha value is -1.72. The number of nitrogens with zero attached hydrogens (tertiary/aromatic N) is 5. The lowest BCUT2D eigenvalue weighted by Gasteiger charge is -2.34. The first-order chi connectivity index (χ1) is 12.7. The molecule has 0 N–H and O–H groups in total. The Bertz CT molecular complexity index is 702. The van der Waals surface area contributed by atoms with Crippen molar-refractivity contribution in [3.63, 3.8) is 0 Å². The predicted octanol–water partition coefficient (Wildman–Crippen LogP) is 2.86. The summed E-state index contributed by atoms with van der Waals surface area (Å²) < 4.78 is 2.23. The molecule has 0 radical (unpaired) electrons. The van der Waals surface area contributed by atoms with Gasteiger partial charge in [0.15, 0.2) is 0 Å². The van der Waals surface area contributed by atoms with Crippen LogP contribution in [-0.4, -0.2) is 50.5 Å². The van der Waals surface area contributed by atoms with Gasteiger partial charge in [0.25, 0.3) is 0 Å². The molecule has 0 spiro atoms. The van der Waals surface area contributed by atoms with Crippen molar-refractivity contribution in [3.8, 4) is 0 Å². The summed E-state index contributed by atoms with van der Waals surface area (Å²) >= 11 is 0. The Labute approximate surface area is 157 Å². The van der Waals surface area contributed by atoms with Gasteiger partial charge in [-0.1, -0.05) is 6.07 Å². The molecule has 2 aromatic heterocycles. The SMILES string of the molecule is Cc1ncc(CN2CCC(C3CCN(Cc4cccnc4)CC3)C2)n1C. The summed E-state index contributed by atoms with van der Waals surface area (Å²) in [7, 11) is 2.13. The van der Waals surface area contributed by atoms with E-state index in [-0.39, 0.29) is 0 Å². The third-order valence-corrected chi connectivity index (χ3v) is 6.44. The van der Waals surface area contributed by atoms with Crippen molar-refractivity contribution >= 4 is 0 Å². The molecule has 2 saturated heterocycles. The summed E-state index contributed by atoms with van der Waals surface area (Å²) in [5.74, 6) is 2.89. The first kappa shape index (κ1) is 17.7. The highest BCUT2D eigenvalue weighted by atomic mass is 15.2. The number of imidazole rings is 1. The van der Waals surface area contributed by atoms with Crippen LogP contribution in [0.5, 0.6) is 0 Å². The minimum atomic E-state index is 0.880. The van der Waals surface area contributed by atoms with Crippen molar-refractivity contribution in [2.45, 2.75) is 39.3 Å². The van der Waals surface area contributed by atoms with Crippen molar-refractivity contribution in [2.75, 3.05) is 26.2 Å². The van der Waals surface area contributed by atoms with E-state index < -0.39 is 0 Å². The third-order valence-electron chi connectivity index (χ3n) is 6.44. The molecule has 0 aromatic carbocycles. The number of likely N-dealkylation sites (tertiary alicyclic amines) is 2. The number of piperidine rings is 1. The summed E-state index contributed by atoms with van der Waals surface area (Å²) in [5.41, 5.74) is 2.68. The van der Waals surface area contributed by atoms with E-state index in [4.69, 9.17) is 0 Å². The largest absolute Gasteiger partial charge is 0.334 e. The second kappa shape index (κ2) is 7.89. The maximum atomic E-state index is 4.44. The smallest absolute Gasteiger partial charge is 0.105 e. The fourth-order valence-electron chi connectivity index (χ4n) is 4.65. The Morgan fingerprint density at radius 2 is 1.77 bits per heavy atom. The second-order valence-corrected chi connectivity index (χ2v) is 8.11. The lowest BCUT2D eigenvalue weighted by atomic mass is 9.83. The first-order valence-corrected chi connectivity index (χ1v) is 10.00. The van der Waals surface area contributed by atoms with E-state index in [0.717, 1.165) is 30.7 Å². The van der Waals surface area contributed by atoms with Gasteiger partial charge in [0.1, 0.15) is 5.82 Å². The van der Waals surface area contributed by atoms with Gasteiger partial charge in [0, 0.05) is 45.3 Å². The molecule has 2 aromatic rings. The van der Waals surface area contributed by atoms with Gasteiger partial charge in [-0.05, 0) is 69.3 Å². The van der Waals surface area contributed by atoms with Gasteiger partial charge in [0.05, 0.1) is 5.69 Å². The van der Waals surface area contributed by atoms with Crippen molar-refractivity contribution in [1.82, 2.24) is 24.3 Å². The molecule has 2 fully saturated rings. The van der Waals surface area contributed by atoms with Gasteiger partial charge in [-0.3, -0.25) is 14.8 Å². The zero-order valence-corrected chi connectivity index (χ0v) is 16.1. The molecule has 0 amide bonds.